The average Bonchev–Trinajstić information content (AvgIpc) is 2.24. The first-order valence-electron chi connectivity index (χ1n) is 5.49. The van der Waals surface area contributed by atoms with Crippen molar-refractivity contribution in [3.63, 3.8) is 0 Å². The van der Waals surface area contributed by atoms with Crippen LogP contribution < -0.4 is 0 Å². The Kier molecular flexibility index (Phi) is 8.47. The third-order valence-electron chi connectivity index (χ3n) is 2.28. The van der Waals surface area contributed by atoms with E-state index in [1.807, 2.05) is 0 Å². The highest BCUT2D eigenvalue weighted by atomic mass is 28.4. The summed E-state index contributed by atoms with van der Waals surface area (Å²) in [6.07, 6.45) is 4.48. The molecule has 0 aromatic rings. The lowest BCUT2D eigenvalue weighted by atomic mass is 10.4. The topological polar surface area (TPSA) is 27.7 Å². The van der Waals surface area contributed by atoms with Gasteiger partial charge in [-0.05, 0) is 12.8 Å². The number of unbranched alkanes of at least 4 members (excludes halogenated alkanes) is 2. The molecule has 86 valence electrons. The lowest BCUT2D eigenvalue weighted by Gasteiger charge is -2.26. The lowest BCUT2D eigenvalue weighted by molar-refractivity contribution is 0.0962. The van der Waals surface area contributed by atoms with Gasteiger partial charge in [0, 0.05) is 26.9 Å². The molecule has 0 amide bonds. The van der Waals surface area contributed by atoms with Crippen LogP contribution in [0, 0.1) is 0 Å². The van der Waals surface area contributed by atoms with E-state index in [4.69, 9.17) is 13.3 Å². The Morgan fingerprint density at radius 3 is 1.93 bits per heavy atom. The van der Waals surface area contributed by atoms with Gasteiger partial charge in [0.15, 0.2) is 0 Å². The van der Waals surface area contributed by atoms with E-state index >= 15 is 0 Å². The van der Waals surface area contributed by atoms with Gasteiger partial charge in [-0.2, -0.15) is 0 Å². The Morgan fingerprint density at radius 1 is 0.929 bits per heavy atom. The molecule has 0 rings (SSSR count). The van der Waals surface area contributed by atoms with Crippen LogP contribution in [-0.4, -0.2) is 29.6 Å². The van der Waals surface area contributed by atoms with E-state index in [0.717, 1.165) is 38.3 Å². The molecule has 0 spiro atoms. The fourth-order valence-electron chi connectivity index (χ4n) is 1.24. The Labute approximate surface area is 89.1 Å². The van der Waals surface area contributed by atoms with E-state index in [9.17, 15) is 0 Å². The predicted molar refractivity (Wildman–Crippen MR) is 60.3 cm³/mol. The maximum atomic E-state index is 5.76. The van der Waals surface area contributed by atoms with Crippen molar-refractivity contribution in [1.82, 2.24) is 0 Å². The highest BCUT2D eigenvalue weighted by Gasteiger charge is 2.37. The second-order valence-electron chi connectivity index (χ2n) is 3.40. The number of hydrogen-bond donors (Lipinski definition) is 0. The first-order valence-corrected chi connectivity index (χ1v) is 7.42. The molecule has 0 aromatic heterocycles. The van der Waals surface area contributed by atoms with Crippen LogP contribution in [-0.2, 0) is 13.3 Å². The summed E-state index contributed by atoms with van der Waals surface area (Å²) in [6, 6.07) is 0.931. The van der Waals surface area contributed by atoms with Crippen LogP contribution in [0.25, 0.3) is 0 Å². The fraction of sp³-hybridized carbons (Fsp3) is 1.00. The molecule has 0 atom stereocenters. The van der Waals surface area contributed by atoms with Crippen molar-refractivity contribution in [3.8, 4) is 0 Å². The van der Waals surface area contributed by atoms with Crippen molar-refractivity contribution < 1.29 is 13.3 Å². The van der Waals surface area contributed by atoms with Crippen molar-refractivity contribution >= 4 is 8.80 Å². The normalized spacial score (nSPS) is 12.0. The van der Waals surface area contributed by atoms with Crippen LogP contribution in [0.3, 0.4) is 0 Å². The van der Waals surface area contributed by atoms with Crippen LogP contribution in [0.15, 0.2) is 0 Å². The largest absolute Gasteiger partial charge is 0.500 e. The van der Waals surface area contributed by atoms with Gasteiger partial charge in [0.1, 0.15) is 0 Å². The molecule has 0 unspecified atom stereocenters. The first-order chi connectivity index (χ1) is 6.74. The van der Waals surface area contributed by atoms with Gasteiger partial charge in [0.25, 0.3) is 0 Å². The molecule has 4 heteroatoms. The molecular weight excluding hydrogens is 196 g/mol. The van der Waals surface area contributed by atoms with Crippen LogP contribution in [0.4, 0.5) is 0 Å². The van der Waals surface area contributed by atoms with Gasteiger partial charge in [0.05, 0.1) is 0 Å². The van der Waals surface area contributed by atoms with Crippen LogP contribution in [0.2, 0.25) is 6.04 Å². The summed E-state index contributed by atoms with van der Waals surface area (Å²) >= 11 is 0. The van der Waals surface area contributed by atoms with E-state index in [1.165, 1.54) is 0 Å². The minimum absolute atomic E-state index is 0.758. The van der Waals surface area contributed by atoms with E-state index in [0.29, 0.717) is 0 Å². The SMILES string of the molecule is CCCCO[Si](CCCC)(OC)OC. The zero-order valence-corrected chi connectivity index (χ0v) is 11.0. The van der Waals surface area contributed by atoms with Crippen molar-refractivity contribution in [1.29, 1.82) is 0 Å². The summed E-state index contributed by atoms with van der Waals surface area (Å²) in [5, 5.41) is 0. The van der Waals surface area contributed by atoms with E-state index in [1.54, 1.807) is 14.2 Å². The molecule has 3 nitrogen and oxygen atoms in total. The predicted octanol–water partition coefficient (Wildman–Crippen LogP) is 2.83. The average molecular weight is 220 g/mol. The summed E-state index contributed by atoms with van der Waals surface area (Å²) in [5.74, 6) is 0. The van der Waals surface area contributed by atoms with E-state index in [-0.39, 0.29) is 0 Å². The Balaban J connectivity index is 3.94. The Bertz CT molecular complexity index is 127. The molecule has 14 heavy (non-hydrogen) atoms. The number of rotatable bonds is 9. The Morgan fingerprint density at radius 2 is 1.50 bits per heavy atom. The molecule has 0 heterocycles. The minimum Gasteiger partial charge on any atom is -0.377 e. The van der Waals surface area contributed by atoms with Crippen LogP contribution in [0.5, 0.6) is 0 Å². The highest BCUT2D eigenvalue weighted by Crippen LogP contribution is 2.17. The zero-order valence-electron chi connectivity index (χ0n) is 9.97. The summed E-state index contributed by atoms with van der Waals surface area (Å²) in [7, 11) is 1.08. The molecule has 0 bridgehead atoms. The van der Waals surface area contributed by atoms with E-state index < -0.39 is 8.80 Å². The van der Waals surface area contributed by atoms with Gasteiger partial charge in [-0.15, -0.1) is 0 Å². The molecule has 0 saturated carbocycles. The molecule has 0 saturated heterocycles. The van der Waals surface area contributed by atoms with Gasteiger partial charge in [-0.25, -0.2) is 0 Å². The Hall–Kier alpha value is 0.0969. The third-order valence-corrected chi connectivity index (χ3v) is 5.13. The van der Waals surface area contributed by atoms with Crippen molar-refractivity contribution in [2.45, 2.75) is 45.6 Å². The molecule has 0 N–H and O–H groups in total. The van der Waals surface area contributed by atoms with Crippen molar-refractivity contribution in [2.24, 2.45) is 0 Å². The van der Waals surface area contributed by atoms with Gasteiger partial charge in [-0.1, -0.05) is 26.7 Å². The van der Waals surface area contributed by atoms with Gasteiger partial charge in [0.2, 0.25) is 0 Å². The standard InChI is InChI=1S/C10H24O3Si/c1-5-7-9-13-14(11-3,12-4)10-8-6-2/h5-10H2,1-4H3. The fourth-order valence-corrected chi connectivity index (χ4v) is 3.44. The van der Waals surface area contributed by atoms with Gasteiger partial charge < -0.3 is 13.3 Å². The molecule has 0 fully saturated rings. The smallest absolute Gasteiger partial charge is 0.377 e. The first kappa shape index (κ1) is 14.1. The zero-order chi connectivity index (χ0) is 10.9. The summed E-state index contributed by atoms with van der Waals surface area (Å²) in [5.41, 5.74) is 0. The maximum Gasteiger partial charge on any atom is 0.500 e. The minimum atomic E-state index is -2.30. The molecule has 0 aliphatic carbocycles. The molecule has 0 aliphatic heterocycles. The van der Waals surface area contributed by atoms with Gasteiger partial charge in [-0.3, -0.25) is 0 Å². The maximum absolute atomic E-state index is 5.76. The summed E-state index contributed by atoms with van der Waals surface area (Å²) < 4.78 is 16.6. The highest BCUT2D eigenvalue weighted by molar-refractivity contribution is 6.60. The molecular formula is C10H24O3Si. The molecule has 0 aliphatic rings. The van der Waals surface area contributed by atoms with E-state index in [2.05, 4.69) is 13.8 Å². The quantitative estimate of drug-likeness (QED) is 0.442. The van der Waals surface area contributed by atoms with Crippen LogP contribution >= 0.6 is 0 Å². The summed E-state index contributed by atoms with van der Waals surface area (Å²) in [6.45, 7) is 5.07. The monoisotopic (exact) mass is 220 g/mol. The molecule has 0 radical (unpaired) electrons. The van der Waals surface area contributed by atoms with Gasteiger partial charge >= 0.3 is 8.80 Å². The van der Waals surface area contributed by atoms with Crippen LogP contribution in [0.1, 0.15) is 39.5 Å². The molecule has 0 aromatic carbocycles. The van der Waals surface area contributed by atoms with Crippen molar-refractivity contribution in [3.05, 3.63) is 0 Å². The lowest BCUT2D eigenvalue weighted by Crippen LogP contribution is -2.44. The second-order valence-corrected chi connectivity index (χ2v) is 6.37. The summed E-state index contributed by atoms with van der Waals surface area (Å²) in [4.78, 5) is 0. The third kappa shape index (κ3) is 5.10. The second kappa shape index (κ2) is 8.41. The number of hydrogen-bond acceptors (Lipinski definition) is 3. The van der Waals surface area contributed by atoms with Crippen molar-refractivity contribution in [2.75, 3.05) is 20.8 Å².